The zero-order chi connectivity index (χ0) is 22.1. The number of benzene rings is 3. The van der Waals surface area contributed by atoms with Crippen LogP contribution in [-0.4, -0.2) is 20.0 Å². The monoisotopic (exact) mass is 426 g/mol. The third-order valence-electron chi connectivity index (χ3n) is 6.33. The summed E-state index contributed by atoms with van der Waals surface area (Å²) in [7, 11) is 3.29. The van der Waals surface area contributed by atoms with Gasteiger partial charge in [0.1, 0.15) is 11.5 Å². The number of fused-ring (bicyclic) bond motifs is 1. The zero-order valence-electron chi connectivity index (χ0n) is 18.2. The number of hydrogen-bond donors (Lipinski definition) is 2. The van der Waals surface area contributed by atoms with E-state index in [-0.39, 0.29) is 17.7 Å². The van der Waals surface area contributed by atoms with Crippen LogP contribution in [0.2, 0.25) is 0 Å². The molecular formula is C27H26N2O3. The number of para-hydroxylation sites is 2. The average molecular weight is 427 g/mol. The number of carbonyl (C=O) groups is 1. The molecule has 2 aliphatic rings. The first-order chi connectivity index (χ1) is 15.7. The van der Waals surface area contributed by atoms with E-state index in [0.717, 1.165) is 40.4 Å². The van der Waals surface area contributed by atoms with Crippen LogP contribution in [0.4, 0.5) is 11.4 Å². The van der Waals surface area contributed by atoms with Crippen molar-refractivity contribution < 1.29 is 14.3 Å². The highest BCUT2D eigenvalue weighted by molar-refractivity contribution is 6.01. The van der Waals surface area contributed by atoms with Gasteiger partial charge < -0.3 is 20.1 Å². The van der Waals surface area contributed by atoms with Gasteiger partial charge in [0.05, 0.1) is 31.6 Å². The Kier molecular flexibility index (Phi) is 5.31. The molecule has 162 valence electrons. The second kappa shape index (κ2) is 8.42. The highest BCUT2D eigenvalue weighted by Crippen LogP contribution is 2.46. The molecule has 2 unspecified atom stereocenters. The van der Waals surface area contributed by atoms with Crippen LogP contribution in [0.15, 0.2) is 84.1 Å². The molecule has 32 heavy (non-hydrogen) atoms. The number of rotatable bonds is 4. The molecule has 0 bridgehead atoms. The molecule has 2 N–H and O–H groups in total. The second-order valence-corrected chi connectivity index (χ2v) is 8.19. The van der Waals surface area contributed by atoms with E-state index in [9.17, 15) is 4.79 Å². The van der Waals surface area contributed by atoms with E-state index in [2.05, 4.69) is 22.8 Å². The molecule has 0 spiro atoms. The van der Waals surface area contributed by atoms with Gasteiger partial charge in [-0.2, -0.15) is 0 Å². The van der Waals surface area contributed by atoms with E-state index in [1.165, 1.54) is 5.56 Å². The maximum absolute atomic E-state index is 13.6. The minimum atomic E-state index is -0.351. The number of nitrogens with one attached hydrogen (secondary N) is 2. The van der Waals surface area contributed by atoms with Gasteiger partial charge in [0.2, 0.25) is 0 Å². The van der Waals surface area contributed by atoms with Crippen LogP contribution in [0, 0.1) is 0 Å². The largest absolute Gasteiger partial charge is 0.497 e. The van der Waals surface area contributed by atoms with Gasteiger partial charge in [-0.05, 0) is 48.2 Å². The number of methoxy groups -OCH3 is 2. The minimum absolute atomic E-state index is 0.141. The molecule has 0 amide bonds. The third kappa shape index (κ3) is 3.60. The standard InChI is InChI=1S/C27H26N2O3/c1-31-19-12-13-25(32-2)20(16-19)27-26-23(28-21-10-6-7-11-22(21)29-27)14-18(15-24(26)30)17-8-4-3-5-9-17/h3-13,16,18,27-29H,14-15H2,1-2H3. The smallest absolute Gasteiger partial charge is 0.163 e. The van der Waals surface area contributed by atoms with Crippen LogP contribution >= 0.6 is 0 Å². The molecule has 2 atom stereocenters. The summed E-state index contributed by atoms with van der Waals surface area (Å²) in [5, 5.41) is 7.19. The number of hydrogen-bond acceptors (Lipinski definition) is 5. The van der Waals surface area contributed by atoms with Gasteiger partial charge in [0, 0.05) is 23.3 Å². The van der Waals surface area contributed by atoms with Gasteiger partial charge in [0.15, 0.2) is 5.78 Å². The summed E-state index contributed by atoms with van der Waals surface area (Å²) in [5.41, 5.74) is 5.70. The fraction of sp³-hybridized carbons (Fsp3) is 0.222. The lowest BCUT2D eigenvalue weighted by Crippen LogP contribution is -2.27. The van der Waals surface area contributed by atoms with Gasteiger partial charge in [-0.15, -0.1) is 0 Å². The van der Waals surface area contributed by atoms with E-state index < -0.39 is 0 Å². The average Bonchev–Trinajstić information content (AvgIpc) is 3.01. The fourth-order valence-corrected chi connectivity index (χ4v) is 4.75. The van der Waals surface area contributed by atoms with Crippen LogP contribution in [0.1, 0.15) is 35.9 Å². The molecule has 5 rings (SSSR count). The molecule has 1 heterocycles. The van der Waals surface area contributed by atoms with Crippen LogP contribution in [-0.2, 0) is 4.79 Å². The maximum Gasteiger partial charge on any atom is 0.163 e. The summed E-state index contributed by atoms with van der Waals surface area (Å²) in [6.07, 6.45) is 1.25. The van der Waals surface area contributed by atoms with Crippen LogP contribution in [0.25, 0.3) is 0 Å². The van der Waals surface area contributed by atoms with Crippen LogP contribution < -0.4 is 20.1 Å². The second-order valence-electron chi connectivity index (χ2n) is 8.19. The van der Waals surface area contributed by atoms with E-state index in [1.807, 2.05) is 60.7 Å². The molecule has 3 aromatic rings. The van der Waals surface area contributed by atoms with E-state index in [1.54, 1.807) is 14.2 Å². The molecular weight excluding hydrogens is 400 g/mol. The summed E-state index contributed by atoms with van der Waals surface area (Å²) in [6, 6.07) is 23.7. The topological polar surface area (TPSA) is 59.6 Å². The van der Waals surface area contributed by atoms with E-state index >= 15 is 0 Å². The van der Waals surface area contributed by atoms with Crippen molar-refractivity contribution in [1.82, 2.24) is 0 Å². The number of carbonyl (C=O) groups excluding carboxylic acids is 1. The summed E-state index contributed by atoms with van der Waals surface area (Å²) in [6.45, 7) is 0. The Hall–Kier alpha value is -3.73. The summed E-state index contributed by atoms with van der Waals surface area (Å²) in [4.78, 5) is 13.6. The molecule has 5 heteroatoms. The predicted molar refractivity (Wildman–Crippen MR) is 126 cm³/mol. The number of allylic oxidation sites excluding steroid dienone is 1. The van der Waals surface area contributed by atoms with Crippen molar-refractivity contribution in [2.75, 3.05) is 24.9 Å². The highest BCUT2D eigenvalue weighted by atomic mass is 16.5. The van der Waals surface area contributed by atoms with E-state index in [4.69, 9.17) is 9.47 Å². The van der Waals surface area contributed by atoms with Crippen molar-refractivity contribution >= 4 is 17.2 Å². The quantitative estimate of drug-likeness (QED) is 0.562. The molecule has 0 aromatic heterocycles. The Bertz CT molecular complexity index is 1190. The Morgan fingerprint density at radius 3 is 2.34 bits per heavy atom. The fourth-order valence-electron chi connectivity index (χ4n) is 4.75. The van der Waals surface area contributed by atoms with Gasteiger partial charge in [-0.25, -0.2) is 0 Å². The SMILES string of the molecule is COc1ccc(OC)c(C2Nc3ccccc3NC3=C2C(=O)CC(c2ccccc2)C3)c1. The molecule has 0 fully saturated rings. The number of ether oxygens (including phenoxy) is 2. The Morgan fingerprint density at radius 1 is 0.844 bits per heavy atom. The van der Waals surface area contributed by atoms with Gasteiger partial charge in [-0.3, -0.25) is 4.79 Å². The number of Topliss-reactive ketones (excluding diaryl/α,β-unsaturated/α-hetero) is 1. The first-order valence-electron chi connectivity index (χ1n) is 10.8. The first-order valence-corrected chi connectivity index (χ1v) is 10.8. The highest BCUT2D eigenvalue weighted by Gasteiger charge is 2.37. The number of anilines is 2. The van der Waals surface area contributed by atoms with Crippen molar-refractivity contribution in [2.45, 2.75) is 24.8 Å². The van der Waals surface area contributed by atoms with Crippen molar-refractivity contribution in [2.24, 2.45) is 0 Å². The molecule has 5 nitrogen and oxygen atoms in total. The molecule has 3 aromatic carbocycles. The van der Waals surface area contributed by atoms with Crippen molar-refractivity contribution in [3.8, 4) is 11.5 Å². The summed E-state index contributed by atoms with van der Waals surface area (Å²) < 4.78 is 11.2. The van der Waals surface area contributed by atoms with Crippen molar-refractivity contribution in [3.63, 3.8) is 0 Å². The lowest BCUT2D eigenvalue weighted by atomic mass is 9.78. The van der Waals surface area contributed by atoms with Crippen LogP contribution in [0.3, 0.4) is 0 Å². The van der Waals surface area contributed by atoms with Crippen molar-refractivity contribution in [1.29, 1.82) is 0 Å². The summed E-state index contributed by atoms with van der Waals surface area (Å²) in [5.74, 6) is 1.73. The molecule has 1 aliphatic heterocycles. The van der Waals surface area contributed by atoms with Gasteiger partial charge in [-0.1, -0.05) is 42.5 Å². The van der Waals surface area contributed by atoms with Gasteiger partial charge >= 0.3 is 0 Å². The molecule has 0 saturated carbocycles. The molecule has 0 radical (unpaired) electrons. The zero-order valence-corrected chi connectivity index (χ0v) is 18.2. The number of ketones is 1. The first kappa shape index (κ1) is 20.2. The van der Waals surface area contributed by atoms with E-state index in [0.29, 0.717) is 12.2 Å². The summed E-state index contributed by atoms with van der Waals surface area (Å²) >= 11 is 0. The van der Waals surface area contributed by atoms with Gasteiger partial charge in [0.25, 0.3) is 0 Å². The normalized spacial score (nSPS) is 19.8. The predicted octanol–water partition coefficient (Wildman–Crippen LogP) is 5.68. The Balaban J connectivity index is 1.66. The Labute approximate surface area is 188 Å². The Morgan fingerprint density at radius 2 is 1.59 bits per heavy atom. The van der Waals surface area contributed by atoms with Crippen LogP contribution in [0.5, 0.6) is 11.5 Å². The molecule has 1 aliphatic carbocycles. The maximum atomic E-state index is 13.6. The minimum Gasteiger partial charge on any atom is -0.497 e. The van der Waals surface area contributed by atoms with Crippen molar-refractivity contribution in [3.05, 3.63) is 95.2 Å². The third-order valence-corrected chi connectivity index (χ3v) is 6.33. The lowest BCUT2D eigenvalue weighted by Gasteiger charge is -2.30. The molecule has 0 saturated heterocycles. The lowest BCUT2D eigenvalue weighted by molar-refractivity contribution is -0.116.